The van der Waals surface area contributed by atoms with Crippen molar-refractivity contribution < 1.29 is 18.4 Å². The van der Waals surface area contributed by atoms with Gasteiger partial charge in [0.05, 0.1) is 28.3 Å². The molecule has 0 saturated carbocycles. The first-order chi connectivity index (χ1) is 17.7. The maximum atomic E-state index is 13.7. The summed E-state index contributed by atoms with van der Waals surface area (Å²) < 4.78 is 29.1. The second-order valence-electron chi connectivity index (χ2n) is 8.40. The zero-order valence-electron chi connectivity index (χ0n) is 20.0. The van der Waals surface area contributed by atoms with Gasteiger partial charge in [-0.15, -0.1) is 22.7 Å². The minimum Gasteiger partial charge on any atom is -0.365 e. The fraction of sp³-hybridized carbons (Fsp3) is 0.154. The molecule has 7 nitrogen and oxygen atoms in total. The molecular weight excluding hydrogens is 516 g/mol. The van der Waals surface area contributed by atoms with E-state index >= 15 is 0 Å². The summed E-state index contributed by atoms with van der Waals surface area (Å²) in [6, 6.07) is 14.4. The fourth-order valence-electron chi connectivity index (χ4n) is 4.26. The molecule has 5 rings (SSSR count). The number of nitrogens with zero attached hydrogens (tertiary/aromatic N) is 3. The molecule has 5 aromatic rings. The molecule has 4 heterocycles. The smallest absolute Gasteiger partial charge is 0.280 e. The number of thiophene rings is 2. The van der Waals surface area contributed by atoms with E-state index < -0.39 is 23.9 Å². The van der Waals surface area contributed by atoms with Gasteiger partial charge in [0.25, 0.3) is 18.2 Å². The van der Waals surface area contributed by atoms with Gasteiger partial charge in [-0.3, -0.25) is 9.59 Å². The van der Waals surface area contributed by atoms with Gasteiger partial charge < -0.3 is 11.1 Å². The molecule has 37 heavy (non-hydrogen) atoms. The van der Waals surface area contributed by atoms with Gasteiger partial charge in [-0.25, -0.2) is 18.4 Å². The van der Waals surface area contributed by atoms with Crippen molar-refractivity contribution in [3.8, 4) is 16.1 Å². The van der Waals surface area contributed by atoms with Crippen LogP contribution in [0.15, 0.2) is 48.5 Å². The van der Waals surface area contributed by atoms with Crippen molar-refractivity contribution in [2.45, 2.75) is 27.2 Å². The van der Waals surface area contributed by atoms with Crippen LogP contribution in [0.4, 0.5) is 14.5 Å². The number of carbonyl (C=O) groups excluding carboxylic acids is 2. The van der Waals surface area contributed by atoms with Crippen LogP contribution >= 0.6 is 22.7 Å². The third kappa shape index (κ3) is 4.40. The highest BCUT2D eigenvalue weighted by molar-refractivity contribution is 7.21. The van der Waals surface area contributed by atoms with Gasteiger partial charge in [0.2, 0.25) is 0 Å². The molecule has 4 aromatic heterocycles. The van der Waals surface area contributed by atoms with E-state index in [-0.39, 0.29) is 15.4 Å². The molecule has 0 radical (unpaired) electrons. The second-order valence-corrected chi connectivity index (χ2v) is 10.7. The molecular formula is C26H21F2N5O2S2. The SMILES string of the molecule is Cc1ccc(-c2cc(C(F)F)nc3sc(C(N)=O)c(NC(=O)c4c(C)nn(-c5ccccc5)c4C)c23)s1. The number of para-hydroxylation sites is 1. The van der Waals surface area contributed by atoms with Gasteiger partial charge in [-0.1, -0.05) is 18.2 Å². The number of benzene rings is 1. The lowest BCUT2D eigenvalue weighted by Crippen LogP contribution is -2.18. The van der Waals surface area contributed by atoms with Crippen LogP contribution in [0, 0.1) is 20.8 Å². The van der Waals surface area contributed by atoms with E-state index in [0.29, 0.717) is 32.8 Å². The Balaban J connectivity index is 1.68. The third-order valence-electron chi connectivity index (χ3n) is 5.89. The van der Waals surface area contributed by atoms with Gasteiger partial charge in [-0.2, -0.15) is 5.10 Å². The van der Waals surface area contributed by atoms with Crippen LogP contribution in [0.25, 0.3) is 26.3 Å². The Kier molecular flexibility index (Phi) is 6.34. The summed E-state index contributed by atoms with van der Waals surface area (Å²) in [7, 11) is 0. The van der Waals surface area contributed by atoms with Crippen molar-refractivity contribution in [1.82, 2.24) is 14.8 Å². The van der Waals surface area contributed by atoms with E-state index in [2.05, 4.69) is 15.4 Å². The highest BCUT2D eigenvalue weighted by Gasteiger charge is 2.27. The first-order valence-electron chi connectivity index (χ1n) is 11.2. The van der Waals surface area contributed by atoms with Crippen molar-refractivity contribution in [2.75, 3.05) is 5.32 Å². The predicted molar refractivity (Wildman–Crippen MR) is 142 cm³/mol. The first kappa shape index (κ1) is 24.7. The van der Waals surface area contributed by atoms with Gasteiger partial charge in [0, 0.05) is 20.7 Å². The number of rotatable bonds is 6. The molecule has 0 spiro atoms. The fourth-order valence-corrected chi connectivity index (χ4v) is 6.17. The Morgan fingerprint density at radius 2 is 1.78 bits per heavy atom. The summed E-state index contributed by atoms with van der Waals surface area (Å²) in [5, 5.41) is 7.75. The monoisotopic (exact) mass is 537 g/mol. The number of aromatic nitrogens is 3. The summed E-state index contributed by atoms with van der Waals surface area (Å²) in [6.07, 6.45) is -2.81. The topological polar surface area (TPSA) is 103 Å². The standard InChI is InChI=1S/C26H21F2N5O2S2/c1-12-9-10-18(36-12)16-11-17(23(27)28)30-26-20(16)21(22(37-26)24(29)34)31-25(35)19-13(2)32-33(14(19)3)15-7-5-4-6-8-15/h4-11,23H,1-3H3,(H2,29,34)(H,31,35). The van der Waals surface area contributed by atoms with E-state index in [9.17, 15) is 18.4 Å². The van der Waals surface area contributed by atoms with E-state index in [1.165, 1.54) is 17.4 Å². The van der Waals surface area contributed by atoms with Crippen LogP contribution < -0.4 is 11.1 Å². The lowest BCUT2D eigenvalue weighted by atomic mass is 10.1. The molecule has 0 fully saturated rings. The molecule has 3 N–H and O–H groups in total. The highest BCUT2D eigenvalue weighted by atomic mass is 32.1. The van der Waals surface area contributed by atoms with Crippen LogP contribution in [0.3, 0.4) is 0 Å². The average molecular weight is 538 g/mol. The number of halogens is 2. The highest BCUT2D eigenvalue weighted by Crippen LogP contribution is 2.44. The van der Waals surface area contributed by atoms with Gasteiger partial charge >= 0.3 is 0 Å². The Morgan fingerprint density at radius 1 is 1.05 bits per heavy atom. The zero-order valence-corrected chi connectivity index (χ0v) is 21.6. The van der Waals surface area contributed by atoms with Crippen molar-refractivity contribution in [2.24, 2.45) is 5.73 Å². The van der Waals surface area contributed by atoms with Crippen LogP contribution in [0.2, 0.25) is 0 Å². The number of nitrogens with two attached hydrogens (primary N) is 1. The summed E-state index contributed by atoms with van der Waals surface area (Å²) in [5.74, 6) is -1.29. The molecule has 0 aliphatic heterocycles. The van der Waals surface area contributed by atoms with E-state index in [1.807, 2.05) is 49.4 Å². The molecule has 188 valence electrons. The lowest BCUT2D eigenvalue weighted by Gasteiger charge is -2.10. The van der Waals surface area contributed by atoms with Gasteiger partial charge in [-0.05, 0) is 51.1 Å². The van der Waals surface area contributed by atoms with Crippen molar-refractivity contribution >= 4 is 50.4 Å². The Bertz CT molecular complexity index is 1670. The molecule has 1 aromatic carbocycles. The van der Waals surface area contributed by atoms with E-state index in [4.69, 9.17) is 5.73 Å². The van der Waals surface area contributed by atoms with Crippen LogP contribution in [-0.2, 0) is 0 Å². The number of amides is 2. The quantitative estimate of drug-likeness (QED) is 0.261. The number of fused-ring (bicyclic) bond motifs is 1. The zero-order chi connectivity index (χ0) is 26.4. The van der Waals surface area contributed by atoms with Crippen LogP contribution in [0.1, 0.15) is 48.4 Å². The number of anilines is 1. The first-order valence-corrected chi connectivity index (χ1v) is 12.8. The van der Waals surface area contributed by atoms with Crippen molar-refractivity contribution in [3.63, 3.8) is 0 Å². The molecule has 0 atom stereocenters. The largest absolute Gasteiger partial charge is 0.365 e. The van der Waals surface area contributed by atoms with Crippen molar-refractivity contribution in [1.29, 1.82) is 0 Å². The predicted octanol–water partition coefficient (Wildman–Crippen LogP) is 6.42. The number of primary amides is 1. The number of pyridine rings is 1. The normalized spacial score (nSPS) is 11.4. The number of hydrogen-bond donors (Lipinski definition) is 2. The van der Waals surface area contributed by atoms with Gasteiger partial charge in [0.1, 0.15) is 15.4 Å². The molecule has 0 unspecified atom stereocenters. The third-order valence-corrected chi connectivity index (χ3v) is 8.02. The summed E-state index contributed by atoms with van der Waals surface area (Å²) >= 11 is 2.29. The molecule has 11 heteroatoms. The lowest BCUT2D eigenvalue weighted by molar-refractivity contribution is 0.100. The average Bonchev–Trinajstić information content (AvgIpc) is 3.54. The molecule has 0 aliphatic rings. The Labute approximate surface area is 218 Å². The van der Waals surface area contributed by atoms with E-state index in [1.54, 1.807) is 18.5 Å². The maximum Gasteiger partial charge on any atom is 0.280 e. The number of hydrogen-bond acceptors (Lipinski definition) is 6. The van der Waals surface area contributed by atoms with Crippen molar-refractivity contribution in [3.05, 3.63) is 80.9 Å². The Morgan fingerprint density at radius 3 is 2.41 bits per heavy atom. The molecule has 2 amide bonds. The summed E-state index contributed by atoms with van der Waals surface area (Å²) in [4.78, 5) is 32.0. The van der Waals surface area contributed by atoms with Gasteiger partial charge in [0.15, 0.2) is 0 Å². The Hall–Kier alpha value is -3.96. The van der Waals surface area contributed by atoms with Crippen LogP contribution in [0.5, 0.6) is 0 Å². The minimum atomic E-state index is -2.81. The maximum absolute atomic E-state index is 13.7. The number of nitrogens with one attached hydrogen (secondary N) is 1. The number of alkyl halides is 2. The number of carbonyl (C=O) groups is 2. The second kappa shape index (κ2) is 9.49. The minimum absolute atomic E-state index is 0.0301. The molecule has 0 aliphatic carbocycles. The van der Waals surface area contributed by atoms with Crippen LogP contribution in [-0.4, -0.2) is 26.6 Å². The summed E-state index contributed by atoms with van der Waals surface area (Å²) in [6.45, 7) is 5.40. The molecule has 0 bridgehead atoms. The van der Waals surface area contributed by atoms with E-state index in [0.717, 1.165) is 21.9 Å². The summed E-state index contributed by atoms with van der Waals surface area (Å²) in [5.41, 5.74) is 8.06. The molecule has 0 saturated heterocycles. The number of aryl methyl sites for hydroxylation is 2.